The summed E-state index contributed by atoms with van der Waals surface area (Å²) in [5, 5.41) is 14.0. The standard InChI is InChI=1S/C71H139N2O6P/c1-6-8-10-12-14-16-18-20-22-24-26-28-30-31-32-33-34-35-36-37-38-39-40-41-43-45-47-49-51-53-55-57-59-61-63-65-71(75)72-69(68-79-80(76,77)78-67-66-73(3,4)5)70(74)64-62-60-58-56-54-52-50-48-46-44-42-29-27-25-23-21-19-17-15-13-11-9-7-2/h18,20,24,26,62,64,69-70,74H,6-17,19,21-23,25,27-61,63,65-68H2,1-5H3,(H-,72,75,76,77)/b20-18-,26-24-,64-62+. The van der Waals surface area contributed by atoms with Crippen molar-refractivity contribution in [2.45, 2.75) is 373 Å². The summed E-state index contributed by atoms with van der Waals surface area (Å²) in [6, 6.07) is -0.886. The fourth-order valence-electron chi connectivity index (χ4n) is 10.8. The molecule has 0 saturated heterocycles. The molecule has 3 unspecified atom stereocenters. The zero-order valence-corrected chi connectivity index (χ0v) is 55.2. The van der Waals surface area contributed by atoms with Crippen LogP contribution in [-0.2, 0) is 18.4 Å². The lowest BCUT2D eigenvalue weighted by Gasteiger charge is -2.29. The van der Waals surface area contributed by atoms with Gasteiger partial charge in [-0.1, -0.05) is 339 Å². The molecule has 9 heteroatoms. The molecule has 0 saturated carbocycles. The Balaban J connectivity index is 3.99. The molecule has 0 rings (SSSR count). The van der Waals surface area contributed by atoms with E-state index in [2.05, 4.69) is 43.5 Å². The Morgan fingerprint density at radius 2 is 0.725 bits per heavy atom. The molecule has 80 heavy (non-hydrogen) atoms. The van der Waals surface area contributed by atoms with Crippen LogP contribution < -0.4 is 10.2 Å². The lowest BCUT2D eigenvalue weighted by atomic mass is 10.0. The smallest absolute Gasteiger partial charge is 0.268 e. The molecule has 8 nitrogen and oxygen atoms in total. The number of hydrogen-bond acceptors (Lipinski definition) is 6. The van der Waals surface area contributed by atoms with Crippen molar-refractivity contribution in [1.29, 1.82) is 0 Å². The Labute approximate surface area is 499 Å². The molecule has 1 amide bonds. The summed E-state index contributed by atoms with van der Waals surface area (Å²) >= 11 is 0. The highest BCUT2D eigenvalue weighted by molar-refractivity contribution is 7.45. The number of nitrogens with one attached hydrogen (secondary N) is 1. The number of nitrogens with zero attached hydrogens (tertiary/aromatic N) is 1. The average Bonchev–Trinajstić information content (AvgIpc) is 3.42. The van der Waals surface area contributed by atoms with Gasteiger partial charge >= 0.3 is 0 Å². The minimum absolute atomic E-state index is 0.00144. The molecule has 0 aromatic carbocycles. The first-order chi connectivity index (χ1) is 39.0. The maximum atomic E-state index is 13.0. The number of carbonyl (C=O) groups excluding carboxylic acids is 1. The SMILES string of the molecule is CCCCCCC/C=C\C/C=C\CCCCCCCCCCCCCCCCCCCCCCCCCC(=O)NC(COP(=O)([O-])OCC[N+](C)(C)C)C(O)/C=C/CCCCCCCCCCCCCCCCCCCCCCC. The molecule has 0 aliphatic heterocycles. The third-order valence-corrected chi connectivity index (χ3v) is 17.3. The number of aliphatic hydroxyl groups excluding tert-OH is 1. The van der Waals surface area contributed by atoms with Crippen molar-refractivity contribution in [2.24, 2.45) is 0 Å². The zero-order valence-electron chi connectivity index (χ0n) is 54.3. The van der Waals surface area contributed by atoms with Crippen molar-refractivity contribution in [3.63, 3.8) is 0 Å². The molecule has 0 spiro atoms. The molecule has 0 heterocycles. The monoisotopic (exact) mass is 1150 g/mol. The van der Waals surface area contributed by atoms with Crippen LogP contribution >= 0.6 is 7.82 Å². The van der Waals surface area contributed by atoms with Crippen molar-refractivity contribution < 1.29 is 32.9 Å². The summed E-state index contributed by atoms with van der Waals surface area (Å²) in [7, 11) is 1.28. The summed E-state index contributed by atoms with van der Waals surface area (Å²) in [6.45, 7) is 4.70. The van der Waals surface area contributed by atoms with E-state index in [1.807, 2.05) is 27.2 Å². The van der Waals surface area contributed by atoms with Gasteiger partial charge in [0.05, 0.1) is 39.9 Å². The first-order valence-electron chi connectivity index (χ1n) is 35.4. The number of aliphatic hydroxyl groups is 1. The van der Waals surface area contributed by atoms with Crippen LogP contribution in [0.5, 0.6) is 0 Å². The van der Waals surface area contributed by atoms with Crippen molar-refractivity contribution in [3.8, 4) is 0 Å². The van der Waals surface area contributed by atoms with Gasteiger partial charge in [0.15, 0.2) is 0 Å². The topological polar surface area (TPSA) is 108 Å². The minimum Gasteiger partial charge on any atom is -0.756 e. The van der Waals surface area contributed by atoms with E-state index in [-0.39, 0.29) is 19.1 Å². The Morgan fingerprint density at radius 1 is 0.438 bits per heavy atom. The Kier molecular flexibility index (Phi) is 61.3. The van der Waals surface area contributed by atoms with E-state index in [1.165, 1.54) is 295 Å². The summed E-state index contributed by atoms with van der Waals surface area (Å²) in [5.74, 6) is -0.189. The van der Waals surface area contributed by atoms with E-state index >= 15 is 0 Å². The molecule has 0 aliphatic carbocycles. The lowest BCUT2D eigenvalue weighted by Crippen LogP contribution is -2.45. The van der Waals surface area contributed by atoms with E-state index < -0.39 is 20.0 Å². The van der Waals surface area contributed by atoms with Crippen molar-refractivity contribution >= 4 is 13.7 Å². The maximum Gasteiger partial charge on any atom is 0.268 e. The predicted octanol–water partition coefficient (Wildman–Crippen LogP) is 21.8. The van der Waals surface area contributed by atoms with Crippen LogP contribution in [0.1, 0.15) is 361 Å². The number of phosphoric acid groups is 1. The molecule has 0 bridgehead atoms. The number of carbonyl (C=O) groups is 1. The van der Waals surface area contributed by atoms with E-state index in [9.17, 15) is 19.4 Å². The van der Waals surface area contributed by atoms with Gasteiger partial charge in [-0.05, 0) is 51.4 Å². The molecular weight excluding hydrogens is 1010 g/mol. The second-order valence-electron chi connectivity index (χ2n) is 25.6. The molecule has 0 aliphatic rings. The summed E-state index contributed by atoms with van der Waals surface area (Å²) in [4.78, 5) is 25.6. The highest BCUT2D eigenvalue weighted by Crippen LogP contribution is 2.38. The second kappa shape index (κ2) is 62.3. The molecular formula is C71H139N2O6P. The number of unbranched alkanes of at least 4 members (excludes halogenated alkanes) is 49. The van der Waals surface area contributed by atoms with Crippen LogP contribution in [-0.4, -0.2) is 68.5 Å². The summed E-state index contributed by atoms with van der Waals surface area (Å²) in [5.41, 5.74) is 0. The number of phosphoric ester groups is 1. The molecule has 0 aromatic rings. The number of quaternary nitrogens is 1. The van der Waals surface area contributed by atoms with Gasteiger partial charge in [0.25, 0.3) is 7.82 Å². The highest BCUT2D eigenvalue weighted by Gasteiger charge is 2.23. The Morgan fingerprint density at radius 3 is 1.04 bits per heavy atom. The van der Waals surface area contributed by atoms with E-state index in [0.29, 0.717) is 17.4 Å². The average molecular weight is 1150 g/mol. The van der Waals surface area contributed by atoms with Gasteiger partial charge in [0.1, 0.15) is 13.2 Å². The first kappa shape index (κ1) is 78.7. The maximum absolute atomic E-state index is 13.0. The summed E-state index contributed by atoms with van der Waals surface area (Å²) < 4.78 is 23.5. The van der Waals surface area contributed by atoms with E-state index in [4.69, 9.17) is 9.05 Å². The quantitative estimate of drug-likeness (QED) is 0.0272. The van der Waals surface area contributed by atoms with Gasteiger partial charge in [-0.25, -0.2) is 0 Å². The molecule has 3 atom stereocenters. The minimum atomic E-state index is -4.60. The van der Waals surface area contributed by atoms with Gasteiger partial charge in [-0.3, -0.25) is 9.36 Å². The Bertz CT molecular complexity index is 1400. The van der Waals surface area contributed by atoms with Gasteiger partial charge in [-0.15, -0.1) is 0 Å². The lowest BCUT2D eigenvalue weighted by molar-refractivity contribution is -0.870. The third-order valence-electron chi connectivity index (χ3n) is 16.3. The van der Waals surface area contributed by atoms with Crippen molar-refractivity contribution in [2.75, 3.05) is 40.9 Å². The largest absolute Gasteiger partial charge is 0.756 e. The number of allylic oxidation sites excluding steroid dienone is 5. The van der Waals surface area contributed by atoms with Gasteiger partial charge in [-0.2, -0.15) is 0 Å². The van der Waals surface area contributed by atoms with E-state index in [1.54, 1.807) is 6.08 Å². The molecule has 0 radical (unpaired) electrons. The second-order valence-corrected chi connectivity index (χ2v) is 27.0. The molecule has 2 N–H and O–H groups in total. The van der Waals surface area contributed by atoms with Gasteiger partial charge in [0, 0.05) is 6.42 Å². The van der Waals surface area contributed by atoms with Crippen LogP contribution in [0.15, 0.2) is 36.5 Å². The summed E-state index contributed by atoms with van der Waals surface area (Å²) in [6.07, 6.45) is 82.7. The first-order valence-corrected chi connectivity index (χ1v) is 36.8. The van der Waals surface area contributed by atoms with Crippen LogP contribution in [0, 0.1) is 0 Å². The van der Waals surface area contributed by atoms with Crippen molar-refractivity contribution in [1.82, 2.24) is 5.32 Å². The highest BCUT2D eigenvalue weighted by atomic mass is 31.2. The zero-order chi connectivity index (χ0) is 58.4. The van der Waals surface area contributed by atoms with Crippen LogP contribution in [0.25, 0.3) is 0 Å². The molecule has 0 aromatic heterocycles. The number of hydrogen-bond donors (Lipinski definition) is 2. The van der Waals surface area contributed by atoms with Crippen molar-refractivity contribution in [3.05, 3.63) is 36.5 Å². The fourth-order valence-corrected chi connectivity index (χ4v) is 11.6. The number of rotatable bonds is 66. The molecule has 474 valence electrons. The van der Waals surface area contributed by atoms with Crippen LogP contribution in [0.2, 0.25) is 0 Å². The van der Waals surface area contributed by atoms with Crippen LogP contribution in [0.3, 0.4) is 0 Å². The van der Waals surface area contributed by atoms with Gasteiger partial charge < -0.3 is 28.8 Å². The third kappa shape index (κ3) is 64.3. The number of amides is 1. The Hall–Kier alpha value is -1.28. The van der Waals surface area contributed by atoms with Gasteiger partial charge in [0.2, 0.25) is 5.91 Å². The van der Waals surface area contributed by atoms with E-state index in [0.717, 1.165) is 44.9 Å². The normalized spacial score (nSPS) is 13.8. The van der Waals surface area contributed by atoms with Crippen LogP contribution in [0.4, 0.5) is 0 Å². The predicted molar refractivity (Wildman–Crippen MR) is 348 cm³/mol. The fraction of sp³-hybridized carbons (Fsp3) is 0.901. The molecule has 0 fully saturated rings. The number of likely N-dealkylation sites (N-methyl/N-ethyl adjacent to an activating group) is 1.